The third-order valence-electron chi connectivity index (χ3n) is 8.52. The molecule has 0 amide bonds. The van der Waals surface area contributed by atoms with Crippen LogP contribution < -0.4 is 0 Å². The van der Waals surface area contributed by atoms with Crippen LogP contribution in [-0.4, -0.2) is 68.7 Å². The van der Waals surface area contributed by atoms with Gasteiger partial charge < -0.3 is 23.9 Å². The van der Waals surface area contributed by atoms with E-state index in [0.717, 1.165) is 57.2 Å². The molecule has 0 saturated carbocycles. The van der Waals surface area contributed by atoms with E-state index in [1.807, 2.05) is 45.1 Å². The van der Waals surface area contributed by atoms with E-state index in [1.165, 1.54) is 21.3 Å². The summed E-state index contributed by atoms with van der Waals surface area (Å²) in [5.41, 5.74) is 9.58. The summed E-state index contributed by atoms with van der Waals surface area (Å²) in [4.78, 5) is 54.5. The Morgan fingerprint density at radius 2 is 1.45 bits per heavy atom. The van der Waals surface area contributed by atoms with Crippen molar-refractivity contribution in [3.8, 4) is 0 Å². The summed E-state index contributed by atoms with van der Waals surface area (Å²) in [6.07, 6.45) is 7.78. The average Bonchev–Trinajstić information content (AvgIpc) is 3.72. The fourth-order valence-corrected chi connectivity index (χ4v) is 5.94. The Morgan fingerprint density at radius 1 is 0.809 bits per heavy atom. The van der Waals surface area contributed by atoms with Crippen molar-refractivity contribution in [3.05, 3.63) is 68.5 Å². The first-order valence-corrected chi connectivity index (χ1v) is 15.5. The molecule has 3 aliphatic rings. The van der Waals surface area contributed by atoms with Crippen molar-refractivity contribution in [2.45, 2.75) is 73.1 Å². The number of carbonyl (C=O) groups is 3. The third kappa shape index (κ3) is 8.14. The predicted octanol–water partition coefficient (Wildman–Crippen LogP) is 6.38. The fourth-order valence-electron chi connectivity index (χ4n) is 5.94. The van der Waals surface area contributed by atoms with Crippen molar-refractivity contribution in [2.75, 3.05) is 28.4 Å². The Morgan fingerprint density at radius 3 is 2.02 bits per heavy atom. The Balaban J connectivity index is 1.77. The number of nitrogens with zero attached hydrogens (tertiary/aromatic N) is 3. The number of rotatable bonds is 11. The lowest BCUT2D eigenvalue weighted by molar-refractivity contribution is -0.141. The average molecular weight is 645 g/mol. The van der Waals surface area contributed by atoms with Gasteiger partial charge in [0, 0.05) is 46.6 Å². The number of esters is 3. The number of ether oxygens (including phenoxy) is 4. The van der Waals surface area contributed by atoms with Crippen LogP contribution in [0, 0.1) is 12.3 Å². The molecule has 4 heterocycles. The standard InChI is InChI=1S/C36H44N4O7/c1-20-14-23(15-28-22(3)24(35(40-28)47-9)10-12-32(41)44-6)38-27(20)17-29-25(11-13-33(42)45-7)26(16-34(43)46-8)30(39-29)18-31-36(4,5)19-21(2)37-31/h14-15,17-18,38H,10-13,16,19H2,1-9H3/b28-15-,29-17-,31-18-. The molecule has 0 radical (unpaired) electrons. The Labute approximate surface area is 275 Å². The monoisotopic (exact) mass is 644 g/mol. The van der Waals surface area contributed by atoms with Gasteiger partial charge in [-0.25, -0.2) is 9.98 Å². The molecule has 1 aromatic rings. The van der Waals surface area contributed by atoms with Crippen LogP contribution in [0.3, 0.4) is 0 Å². The molecule has 0 saturated heterocycles. The maximum atomic E-state index is 12.6. The van der Waals surface area contributed by atoms with Gasteiger partial charge in [-0.2, -0.15) is 0 Å². The first-order chi connectivity index (χ1) is 22.3. The third-order valence-corrected chi connectivity index (χ3v) is 8.52. The minimum Gasteiger partial charge on any atom is -0.481 e. The molecular weight excluding hydrogens is 600 g/mol. The second-order valence-corrected chi connectivity index (χ2v) is 12.4. The lowest BCUT2D eigenvalue weighted by Crippen LogP contribution is -2.13. The predicted molar refractivity (Wildman–Crippen MR) is 182 cm³/mol. The number of allylic oxidation sites excluding steroid dienone is 4. The highest BCUT2D eigenvalue weighted by Crippen LogP contribution is 2.40. The Kier molecular flexibility index (Phi) is 11.0. The molecule has 4 rings (SSSR count). The summed E-state index contributed by atoms with van der Waals surface area (Å²) >= 11 is 0. The molecule has 47 heavy (non-hydrogen) atoms. The molecule has 0 aliphatic carbocycles. The maximum Gasteiger partial charge on any atom is 0.310 e. The largest absolute Gasteiger partial charge is 0.481 e. The van der Waals surface area contributed by atoms with Gasteiger partial charge in [0.25, 0.3) is 0 Å². The smallest absolute Gasteiger partial charge is 0.310 e. The van der Waals surface area contributed by atoms with E-state index in [0.29, 0.717) is 35.7 Å². The van der Waals surface area contributed by atoms with Crippen LogP contribution in [0.4, 0.5) is 0 Å². The zero-order valence-corrected chi connectivity index (χ0v) is 28.8. The van der Waals surface area contributed by atoms with Gasteiger partial charge in [0.05, 0.1) is 52.0 Å². The number of aliphatic imine (C=N–C) groups is 3. The number of hydrogen-bond acceptors (Lipinski definition) is 10. The quantitative estimate of drug-likeness (QED) is 0.218. The summed E-state index contributed by atoms with van der Waals surface area (Å²) in [6.45, 7) is 10.2. The molecular formula is C36H44N4O7. The van der Waals surface area contributed by atoms with E-state index in [9.17, 15) is 14.4 Å². The second-order valence-electron chi connectivity index (χ2n) is 12.4. The van der Waals surface area contributed by atoms with E-state index in [4.69, 9.17) is 28.9 Å². The summed E-state index contributed by atoms with van der Waals surface area (Å²) in [7, 11) is 5.64. The summed E-state index contributed by atoms with van der Waals surface area (Å²) < 4.78 is 20.3. The van der Waals surface area contributed by atoms with E-state index < -0.39 is 5.97 Å². The number of nitrogens with one attached hydrogen (secondary N) is 1. The highest BCUT2D eigenvalue weighted by Gasteiger charge is 2.32. The number of methoxy groups -OCH3 is 4. The molecule has 11 nitrogen and oxygen atoms in total. The summed E-state index contributed by atoms with van der Waals surface area (Å²) in [5.74, 6) is -0.576. The van der Waals surface area contributed by atoms with Crippen molar-refractivity contribution in [2.24, 2.45) is 20.4 Å². The molecule has 11 heteroatoms. The van der Waals surface area contributed by atoms with Gasteiger partial charge in [-0.15, -0.1) is 0 Å². The normalized spacial score (nSPS) is 19.9. The number of carbonyl (C=O) groups excluding carboxylic acids is 3. The highest BCUT2D eigenvalue weighted by molar-refractivity contribution is 6.15. The van der Waals surface area contributed by atoms with E-state index >= 15 is 0 Å². The molecule has 250 valence electrons. The fraction of sp³-hybridized carbons (Fsp3) is 0.444. The van der Waals surface area contributed by atoms with Crippen LogP contribution in [-0.2, 0) is 33.3 Å². The van der Waals surface area contributed by atoms with E-state index in [-0.39, 0.29) is 36.6 Å². The molecule has 0 aromatic carbocycles. The maximum absolute atomic E-state index is 12.6. The van der Waals surface area contributed by atoms with E-state index in [1.54, 1.807) is 7.11 Å². The number of H-pyrrole nitrogens is 1. The van der Waals surface area contributed by atoms with Crippen LogP contribution in [0.15, 0.2) is 66.5 Å². The topological polar surface area (TPSA) is 141 Å². The number of hydrogen-bond donors (Lipinski definition) is 1. The molecule has 0 spiro atoms. The minimum absolute atomic E-state index is 0.000893. The van der Waals surface area contributed by atoms with Gasteiger partial charge in [-0.3, -0.25) is 19.4 Å². The molecule has 0 fully saturated rings. The van der Waals surface area contributed by atoms with Crippen molar-refractivity contribution >= 4 is 47.4 Å². The molecule has 0 bridgehead atoms. The van der Waals surface area contributed by atoms with Crippen LogP contribution in [0.1, 0.15) is 83.2 Å². The SMILES string of the molecule is COC(=O)CCC1=C(C)/C(=C/c2cc(C)c(/C=C3N=C(/C=C4\N=C(C)CC4(C)C)C(CC(=O)OC)=C\3CCC(=O)OC)[nH]2)N=C1OC. The van der Waals surface area contributed by atoms with Gasteiger partial charge in [0.1, 0.15) is 0 Å². The van der Waals surface area contributed by atoms with E-state index in [2.05, 4.69) is 23.8 Å². The van der Waals surface area contributed by atoms with Crippen LogP contribution in [0.25, 0.3) is 12.2 Å². The number of aryl methyl sites for hydroxylation is 1. The molecule has 1 N–H and O–H groups in total. The van der Waals surface area contributed by atoms with Crippen molar-refractivity contribution in [3.63, 3.8) is 0 Å². The van der Waals surface area contributed by atoms with Crippen LogP contribution in [0.2, 0.25) is 0 Å². The van der Waals surface area contributed by atoms with Crippen LogP contribution in [0.5, 0.6) is 0 Å². The summed E-state index contributed by atoms with van der Waals surface area (Å²) in [5, 5.41) is 0. The van der Waals surface area contributed by atoms with Crippen molar-refractivity contribution in [1.82, 2.24) is 4.98 Å². The second kappa shape index (κ2) is 14.7. The van der Waals surface area contributed by atoms with Gasteiger partial charge in [0.2, 0.25) is 5.90 Å². The van der Waals surface area contributed by atoms with Gasteiger partial charge in [0.15, 0.2) is 0 Å². The zero-order valence-electron chi connectivity index (χ0n) is 28.8. The number of aromatic amines is 1. The van der Waals surface area contributed by atoms with Crippen molar-refractivity contribution < 1.29 is 33.3 Å². The Bertz CT molecular complexity index is 1720. The molecule has 0 unspecified atom stereocenters. The zero-order chi connectivity index (χ0) is 34.5. The molecule has 1 aromatic heterocycles. The van der Waals surface area contributed by atoms with Crippen LogP contribution >= 0.6 is 0 Å². The minimum atomic E-state index is -0.403. The lowest BCUT2D eigenvalue weighted by Gasteiger charge is -2.18. The Hall–Kier alpha value is -4.80. The lowest BCUT2D eigenvalue weighted by atomic mass is 9.85. The highest BCUT2D eigenvalue weighted by atomic mass is 16.5. The molecule has 3 aliphatic heterocycles. The van der Waals surface area contributed by atoms with Gasteiger partial charge in [-0.1, -0.05) is 13.8 Å². The first kappa shape index (κ1) is 35.1. The summed E-state index contributed by atoms with van der Waals surface area (Å²) in [6, 6.07) is 2.01. The molecule has 0 atom stereocenters. The first-order valence-electron chi connectivity index (χ1n) is 15.5. The number of aromatic nitrogens is 1. The van der Waals surface area contributed by atoms with Gasteiger partial charge >= 0.3 is 17.9 Å². The van der Waals surface area contributed by atoms with Gasteiger partial charge in [-0.05, 0) is 86.6 Å². The van der Waals surface area contributed by atoms with Crippen molar-refractivity contribution in [1.29, 1.82) is 0 Å².